The zero-order chi connectivity index (χ0) is 23.1. The van der Waals surface area contributed by atoms with Crippen LogP contribution < -0.4 is 10.6 Å². The van der Waals surface area contributed by atoms with Crippen molar-refractivity contribution in [3.05, 3.63) is 0 Å². The maximum Gasteiger partial charge on any atom is 0.534 e. The summed E-state index contributed by atoms with van der Waals surface area (Å²) in [4.78, 5) is 63.3. The molecule has 0 unspecified atom stereocenters. The van der Waals surface area contributed by atoms with Gasteiger partial charge < -0.3 is 24.8 Å². The van der Waals surface area contributed by atoms with Crippen molar-refractivity contribution in [1.29, 1.82) is 0 Å². The minimum atomic E-state index is -1.35. The van der Waals surface area contributed by atoms with Crippen molar-refractivity contribution in [3.8, 4) is 0 Å². The van der Waals surface area contributed by atoms with E-state index < -0.39 is 47.5 Å². The number of carbonyl (C=O) groups is 5. The summed E-state index contributed by atoms with van der Waals surface area (Å²) in [7, 11) is 0. The predicted molar refractivity (Wildman–Crippen MR) is 101 cm³/mol. The SMILES string of the molecule is CC(C)(C)OC(=O)NCC(CNC(=O)OC(C)(C)C)OC(=O)ON1C(=O)CCC1=O. The van der Waals surface area contributed by atoms with Crippen LogP contribution in [0.1, 0.15) is 54.4 Å². The van der Waals surface area contributed by atoms with E-state index in [0.717, 1.165) is 0 Å². The number of nitrogens with one attached hydrogen (secondary N) is 2. The fraction of sp³-hybridized carbons (Fsp3) is 0.722. The third kappa shape index (κ3) is 9.94. The summed E-state index contributed by atoms with van der Waals surface area (Å²) < 4.78 is 15.2. The van der Waals surface area contributed by atoms with Crippen LogP contribution in [-0.2, 0) is 28.6 Å². The van der Waals surface area contributed by atoms with Crippen LogP contribution in [0.2, 0.25) is 0 Å². The Hall–Kier alpha value is -3.05. The summed E-state index contributed by atoms with van der Waals surface area (Å²) in [6.45, 7) is 9.54. The highest BCUT2D eigenvalue weighted by atomic mass is 16.8. The van der Waals surface area contributed by atoms with Gasteiger partial charge in [-0.05, 0) is 41.5 Å². The maximum atomic E-state index is 12.0. The molecule has 1 heterocycles. The van der Waals surface area contributed by atoms with Gasteiger partial charge in [0.15, 0.2) is 0 Å². The summed E-state index contributed by atoms with van der Waals surface area (Å²) in [5.74, 6) is -1.35. The molecule has 1 aliphatic rings. The summed E-state index contributed by atoms with van der Waals surface area (Å²) in [5.41, 5.74) is -1.49. The number of alkyl carbamates (subject to hydrolysis) is 2. The van der Waals surface area contributed by atoms with Crippen LogP contribution in [0.3, 0.4) is 0 Å². The minimum Gasteiger partial charge on any atom is -0.444 e. The van der Waals surface area contributed by atoms with E-state index in [1.165, 1.54) is 0 Å². The minimum absolute atomic E-state index is 0.0735. The molecule has 30 heavy (non-hydrogen) atoms. The molecule has 0 radical (unpaired) electrons. The molecule has 0 atom stereocenters. The van der Waals surface area contributed by atoms with Crippen LogP contribution in [0.5, 0.6) is 0 Å². The van der Waals surface area contributed by atoms with Crippen molar-refractivity contribution >= 4 is 30.2 Å². The van der Waals surface area contributed by atoms with Gasteiger partial charge in [0.25, 0.3) is 11.8 Å². The lowest BCUT2D eigenvalue weighted by molar-refractivity contribution is -0.178. The molecule has 12 heteroatoms. The molecule has 1 saturated heterocycles. The van der Waals surface area contributed by atoms with Crippen molar-refractivity contribution in [2.45, 2.75) is 71.7 Å². The van der Waals surface area contributed by atoms with E-state index in [0.29, 0.717) is 5.06 Å². The normalized spacial score (nSPS) is 14.4. The molecular weight excluding hydrogens is 402 g/mol. The molecule has 0 spiro atoms. The third-order valence-electron chi connectivity index (χ3n) is 3.18. The summed E-state index contributed by atoms with van der Waals surface area (Å²) in [5, 5.41) is 5.11. The number of ether oxygens (including phenoxy) is 3. The lowest BCUT2D eigenvalue weighted by atomic mass is 10.2. The van der Waals surface area contributed by atoms with Gasteiger partial charge in [-0.25, -0.2) is 14.4 Å². The fourth-order valence-electron chi connectivity index (χ4n) is 2.07. The number of rotatable bonds is 6. The van der Waals surface area contributed by atoms with Gasteiger partial charge in [-0.15, -0.1) is 0 Å². The summed E-state index contributed by atoms with van der Waals surface area (Å²) in [6, 6.07) is 0. The molecule has 0 aliphatic carbocycles. The number of imide groups is 1. The van der Waals surface area contributed by atoms with Gasteiger partial charge in [-0.2, -0.15) is 0 Å². The molecule has 1 fully saturated rings. The molecule has 2 N–H and O–H groups in total. The number of hydrogen-bond acceptors (Lipinski definition) is 9. The zero-order valence-electron chi connectivity index (χ0n) is 18.0. The summed E-state index contributed by atoms with van der Waals surface area (Å²) in [6.07, 6.45) is -4.14. The molecule has 12 nitrogen and oxygen atoms in total. The van der Waals surface area contributed by atoms with Crippen molar-refractivity contribution in [3.63, 3.8) is 0 Å². The van der Waals surface area contributed by atoms with Gasteiger partial charge in [0.05, 0.1) is 13.1 Å². The number of nitrogens with zero attached hydrogens (tertiary/aromatic N) is 1. The van der Waals surface area contributed by atoms with Gasteiger partial charge in [0, 0.05) is 12.8 Å². The standard InChI is InChI=1S/C18H29N3O9/c1-17(2,3)28-14(24)19-9-11(10-20-15(25)29-18(4,5)6)27-16(26)30-21-12(22)7-8-13(21)23/h11H,7-10H2,1-6H3,(H,19,24)(H,20,25). The fourth-order valence-corrected chi connectivity index (χ4v) is 2.07. The van der Waals surface area contributed by atoms with Crippen LogP contribution in [0.4, 0.5) is 14.4 Å². The Bertz CT molecular complexity index is 631. The third-order valence-corrected chi connectivity index (χ3v) is 3.18. The van der Waals surface area contributed by atoms with Crippen LogP contribution in [0.25, 0.3) is 0 Å². The first kappa shape index (κ1) is 25.0. The number of carbonyl (C=O) groups excluding carboxylic acids is 5. The lowest BCUT2D eigenvalue weighted by Crippen LogP contribution is -2.45. The second-order valence-electron chi connectivity index (χ2n) is 8.43. The summed E-state index contributed by atoms with van der Waals surface area (Å²) >= 11 is 0. The molecule has 0 aromatic heterocycles. The number of hydrogen-bond donors (Lipinski definition) is 2. The first-order chi connectivity index (χ1) is 13.7. The topological polar surface area (TPSA) is 150 Å². The first-order valence-corrected chi connectivity index (χ1v) is 9.34. The van der Waals surface area contributed by atoms with E-state index in [9.17, 15) is 24.0 Å². The molecule has 1 aliphatic heterocycles. The lowest BCUT2D eigenvalue weighted by Gasteiger charge is -2.24. The van der Waals surface area contributed by atoms with Gasteiger partial charge in [0.1, 0.15) is 17.3 Å². The van der Waals surface area contributed by atoms with Crippen LogP contribution >= 0.6 is 0 Å². The zero-order valence-corrected chi connectivity index (χ0v) is 18.0. The molecule has 0 saturated carbocycles. The molecule has 4 amide bonds. The highest BCUT2D eigenvalue weighted by Gasteiger charge is 2.34. The molecule has 0 aromatic rings. The Kier molecular flexibility index (Phi) is 8.43. The van der Waals surface area contributed by atoms with E-state index in [1.54, 1.807) is 41.5 Å². The molecule has 0 bridgehead atoms. The van der Waals surface area contributed by atoms with Gasteiger partial charge in [-0.1, -0.05) is 5.06 Å². The van der Waals surface area contributed by atoms with Crippen molar-refractivity contribution in [2.24, 2.45) is 0 Å². The second kappa shape index (κ2) is 10.1. The second-order valence-corrected chi connectivity index (χ2v) is 8.43. The maximum absolute atomic E-state index is 12.0. The van der Waals surface area contributed by atoms with E-state index in [-0.39, 0.29) is 25.9 Å². The average Bonchev–Trinajstić information content (AvgIpc) is 2.86. The van der Waals surface area contributed by atoms with E-state index in [2.05, 4.69) is 15.5 Å². The number of amides is 4. The Labute approximate surface area is 174 Å². The first-order valence-electron chi connectivity index (χ1n) is 9.34. The highest BCUT2D eigenvalue weighted by Crippen LogP contribution is 2.13. The molecule has 1 rings (SSSR count). The van der Waals surface area contributed by atoms with Crippen LogP contribution in [0.15, 0.2) is 0 Å². The van der Waals surface area contributed by atoms with Gasteiger partial charge in [-0.3, -0.25) is 14.4 Å². The highest BCUT2D eigenvalue weighted by molar-refractivity contribution is 6.01. The smallest absolute Gasteiger partial charge is 0.444 e. The molecular formula is C18H29N3O9. The van der Waals surface area contributed by atoms with Gasteiger partial charge >= 0.3 is 18.3 Å². The van der Waals surface area contributed by atoms with E-state index in [1.807, 2.05) is 0 Å². The van der Waals surface area contributed by atoms with E-state index in [4.69, 9.17) is 14.2 Å². The van der Waals surface area contributed by atoms with E-state index >= 15 is 0 Å². The number of hydroxylamine groups is 2. The Morgan fingerprint density at radius 1 is 0.867 bits per heavy atom. The van der Waals surface area contributed by atoms with Crippen molar-refractivity contribution in [1.82, 2.24) is 15.7 Å². The van der Waals surface area contributed by atoms with Crippen LogP contribution in [0, 0.1) is 0 Å². The Balaban J connectivity index is 2.67. The van der Waals surface area contributed by atoms with Gasteiger partial charge in [0.2, 0.25) is 0 Å². The molecule has 170 valence electrons. The predicted octanol–water partition coefficient (Wildman–Crippen LogP) is 1.62. The van der Waals surface area contributed by atoms with Crippen LogP contribution in [-0.4, -0.2) is 65.6 Å². The Morgan fingerprint density at radius 2 is 1.27 bits per heavy atom. The largest absolute Gasteiger partial charge is 0.534 e. The quantitative estimate of drug-likeness (QED) is 0.363. The molecule has 0 aromatic carbocycles. The van der Waals surface area contributed by atoms with Crippen molar-refractivity contribution < 1.29 is 43.0 Å². The van der Waals surface area contributed by atoms with Crippen molar-refractivity contribution in [2.75, 3.05) is 13.1 Å². The average molecular weight is 431 g/mol. The Morgan fingerprint density at radius 3 is 1.63 bits per heavy atom. The monoisotopic (exact) mass is 431 g/mol.